The number of benzene rings is 1. The highest BCUT2D eigenvalue weighted by Gasteiger charge is 2.33. The summed E-state index contributed by atoms with van der Waals surface area (Å²) < 4.78 is 7.64. The fourth-order valence-corrected chi connectivity index (χ4v) is 4.51. The lowest BCUT2D eigenvalue weighted by Gasteiger charge is -2.49. The Kier molecular flexibility index (Phi) is 3.59. The van der Waals surface area contributed by atoms with Gasteiger partial charge >= 0.3 is 5.63 Å². The van der Waals surface area contributed by atoms with Crippen LogP contribution in [0.1, 0.15) is 12.0 Å². The summed E-state index contributed by atoms with van der Waals surface area (Å²) in [6, 6.07) is 12.8. The van der Waals surface area contributed by atoms with Gasteiger partial charge in [-0.05, 0) is 49.2 Å². The molecule has 2 aliphatic heterocycles. The Morgan fingerprint density at radius 3 is 2.86 bits per heavy atom. The molecule has 1 atom stereocenters. The number of rotatable bonds is 2. The second-order valence-electron chi connectivity index (χ2n) is 8.19. The first-order valence-electron chi connectivity index (χ1n) is 10.2. The molecule has 2 fully saturated rings. The van der Waals surface area contributed by atoms with E-state index in [2.05, 4.69) is 20.9 Å². The first-order chi connectivity index (χ1) is 14.1. The van der Waals surface area contributed by atoms with Crippen molar-refractivity contribution in [3.8, 4) is 11.3 Å². The molecule has 0 spiro atoms. The lowest BCUT2D eigenvalue weighted by atomic mass is 9.99. The number of aryl methyl sites for hydroxylation is 1. The molecule has 29 heavy (non-hydrogen) atoms. The minimum absolute atomic E-state index is 0.349. The van der Waals surface area contributed by atoms with Crippen molar-refractivity contribution in [2.45, 2.75) is 19.4 Å². The molecule has 146 valence electrons. The van der Waals surface area contributed by atoms with Crippen molar-refractivity contribution >= 4 is 22.3 Å². The third-order valence-electron chi connectivity index (χ3n) is 6.33. The smallest absolute Gasteiger partial charge is 0.345 e. The Labute approximate surface area is 168 Å². The summed E-state index contributed by atoms with van der Waals surface area (Å²) in [5, 5.41) is 0.916. The summed E-state index contributed by atoms with van der Waals surface area (Å²) in [5.74, 6) is 0. The number of piperazine rings is 1. The molecule has 6 heteroatoms. The van der Waals surface area contributed by atoms with E-state index < -0.39 is 0 Å². The highest BCUT2D eigenvalue weighted by molar-refractivity contribution is 5.84. The topological polar surface area (TPSA) is 54.0 Å². The lowest BCUT2D eigenvalue weighted by molar-refractivity contribution is 0.0785. The van der Waals surface area contributed by atoms with E-state index in [9.17, 15) is 4.79 Å². The number of nitrogens with zero attached hydrogens (tertiary/aromatic N) is 4. The molecule has 3 aromatic heterocycles. The molecule has 0 saturated carbocycles. The zero-order valence-corrected chi connectivity index (χ0v) is 16.3. The Bertz CT molecular complexity index is 1310. The van der Waals surface area contributed by atoms with Gasteiger partial charge in [0.2, 0.25) is 0 Å². The van der Waals surface area contributed by atoms with Crippen LogP contribution in [-0.4, -0.2) is 46.5 Å². The van der Waals surface area contributed by atoms with E-state index in [-0.39, 0.29) is 5.63 Å². The van der Waals surface area contributed by atoms with Gasteiger partial charge in [0.1, 0.15) is 11.2 Å². The largest absolute Gasteiger partial charge is 0.422 e. The molecule has 0 amide bonds. The molecule has 2 aliphatic rings. The van der Waals surface area contributed by atoms with Crippen LogP contribution in [0.4, 0.5) is 5.69 Å². The predicted octanol–water partition coefficient (Wildman–Crippen LogP) is 3.31. The van der Waals surface area contributed by atoms with Crippen molar-refractivity contribution in [3.05, 3.63) is 64.8 Å². The molecule has 0 radical (unpaired) electrons. The van der Waals surface area contributed by atoms with Crippen LogP contribution in [0.15, 0.2) is 58.0 Å². The van der Waals surface area contributed by atoms with Crippen LogP contribution in [0.25, 0.3) is 27.9 Å². The summed E-state index contributed by atoms with van der Waals surface area (Å²) in [5.41, 5.74) is 4.50. The molecular weight excluding hydrogens is 364 g/mol. The number of aromatic nitrogens is 2. The predicted molar refractivity (Wildman–Crippen MR) is 114 cm³/mol. The maximum Gasteiger partial charge on any atom is 0.345 e. The van der Waals surface area contributed by atoms with Gasteiger partial charge in [0.05, 0.1) is 11.3 Å². The summed E-state index contributed by atoms with van der Waals surface area (Å²) >= 11 is 0. The maximum absolute atomic E-state index is 12.7. The number of imidazole rings is 1. The number of pyridine rings is 1. The fourth-order valence-electron chi connectivity index (χ4n) is 4.51. The first-order valence-corrected chi connectivity index (χ1v) is 10.2. The Hall–Kier alpha value is -3.12. The average Bonchev–Trinajstić information content (AvgIpc) is 3.11. The van der Waals surface area contributed by atoms with Crippen LogP contribution in [0.2, 0.25) is 0 Å². The first kappa shape index (κ1) is 16.8. The summed E-state index contributed by atoms with van der Waals surface area (Å²) in [6.45, 7) is 6.44. The minimum Gasteiger partial charge on any atom is -0.422 e. The number of fused-ring (bicyclic) bond motifs is 3. The van der Waals surface area contributed by atoms with Crippen LogP contribution >= 0.6 is 0 Å². The van der Waals surface area contributed by atoms with E-state index in [4.69, 9.17) is 4.42 Å². The lowest BCUT2D eigenvalue weighted by Crippen LogP contribution is -2.60. The second kappa shape index (κ2) is 6.19. The molecule has 5 heterocycles. The summed E-state index contributed by atoms with van der Waals surface area (Å²) in [4.78, 5) is 22.3. The normalized spacial score (nSPS) is 19.5. The molecule has 4 aromatic rings. The van der Waals surface area contributed by atoms with Crippen molar-refractivity contribution in [3.63, 3.8) is 0 Å². The van der Waals surface area contributed by atoms with Gasteiger partial charge in [-0.15, -0.1) is 0 Å². The van der Waals surface area contributed by atoms with Gasteiger partial charge in [-0.1, -0.05) is 0 Å². The Morgan fingerprint density at radius 2 is 2.03 bits per heavy atom. The van der Waals surface area contributed by atoms with E-state index in [1.165, 1.54) is 13.0 Å². The molecular formula is C23H22N4O2. The van der Waals surface area contributed by atoms with E-state index in [1.807, 2.05) is 54.0 Å². The summed E-state index contributed by atoms with van der Waals surface area (Å²) in [6.07, 6.45) is 5.11. The molecule has 0 N–H and O–H groups in total. The monoisotopic (exact) mass is 386 g/mol. The zero-order valence-electron chi connectivity index (χ0n) is 16.3. The van der Waals surface area contributed by atoms with Crippen LogP contribution in [0.5, 0.6) is 0 Å². The number of hydrogen-bond acceptors (Lipinski definition) is 5. The third kappa shape index (κ3) is 2.75. The van der Waals surface area contributed by atoms with Crippen LogP contribution < -0.4 is 10.5 Å². The van der Waals surface area contributed by atoms with Gasteiger partial charge < -0.3 is 13.7 Å². The maximum atomic E-state index is 12.7. The molecule has 6 rings (SSSR count). The zero-order chi connectivity index (χ0) is 19.5. The highest BCUT2D eigenvalue weighted by Crippen LogP contribution is 2.29. The van der Waals surface area contributed by atoms with Crippen LogP contribution in [0.3, 0.4) is 0 Å². The van der Waals surface area contributed by atoms with Crippen molar-refractivity contribution in [2.24, 2.45) is 0 Å². The van der Waals surface area contributed by atoms with Crippen LogP contribution in [-0.2, 0) is 0 Å². The van der Waals surface area contributed by atoms with Gasteiger partial charge in [-0.3, -0.25) is 4.90 Å². The van der Waals surface area contributed by atoms with E-state index in [0.29, 0.717) is 22.9 Å². The van der Waals surface area contributed by atoms with Gasteiger partial charge in [0.25, 0.3) is 0 Å². The van der Waals surface area contributed by atoms with Gasteiger partial charge in [0, 0.05) is 61.8 Å². The second-order valence-corrected chi connectivity index (χ2v) is 8.19. The van der Waals surface area contributed by atoms with E-state index >= 15 is 0 Å². The van der Waals surface area contributed by atoms with Crippen molar-refractivity contribution < 1.29 is 4.42 Å². The number of hydrogen-bond donors (Lipinski definition) is 0. The molecule has 1 aromatic carbocycles. The Balaban J connectivity index is 1.38. The SMILES string of the molecule is Cc1ccn2cc(-c3cc4ccc(N5CCN6CCC6C5)cc4oc3=O)nc2c1. The van der Waals surface area contributed by atoms with Crippen molar-refractivity contribution in [1.82, 2.24) is 14.3 Å². The van der Waals surface area contributed by atoms with Crippen LogP contribution in [0, 0.1) is 6.92 Å². The molecule has 2 saturated heterocycles. The fraction of sp³-hybridized carbons (Fsp3) is 0.304. The molecule has 0 aliphatic carbocycles. The molecule has 0 bridgehead atoms. The van der Waals surface area contributed by atoms with Gasteiger partial charge in [-0.2, -0.15) is 0 Å². The minimum atomic E-state index is -0.349. The average molecular weight is 386 g/mol. The van der Waals surface area contributed by atoms with Crippen molar-refractivity contribution in [1.29, 1.82) is 0 Å². The standard InChI is InChI=1S/C23H22N4O2/c1-15-4-6-27-14-20(24-22(27)10-15)19-11-16-2-3-17(12-21(16)29-23(19)28)26-9-8-25-7-5-18(25)13-26/h2-4,6,10-12,14,18H,5,7-9,13H2,1H3. The van der Waals surface area contributed by atoms with E-state index in [0.717, 1.165) is 41.9 Å². The Morgan fingerprint density at radius 1 is 1.10 bits per heavy atom. The van der Waals surface area contributed by atoms with Gasteiger partial charge in [0.15, 0.2) is 0 Å². The number of anilines is 1. The molecule has 6 nitrogen and oxygen atoms in total. The third-order valence-corrected chi connectivity index (χ3v) is 6.33. The summed E-state index contributed by atoms with van der Waals surface area (Å²) in [7, 11) is 0. The van der Waals surface area contributed by atoms with Gasteiger partial charge in [-0.25, -0.2) is 9.78 Å². The highest BCUT2D eigenvalue weighted by atomic mass is 16.4. The quantitative estimate of drug-likeness (QED) is 0.495. The van der Waals surface area contributed by atoms with E-state index in [1.54, 1.807) is 0 Å². The van der Waals surface area contributed by atoms with Crippen molar-refractivity contribution in [2.75, 3.05) is 31.1 Å². The molecule has 1 unspecified atom stereocenters.